The molecule has 2 rings (SSSR count). The van der Waals surface area contributed by atoms with Gasteiger partial charge in [0.05, 0.1) is 0 Å². The average Bonchev–Trinajstić information content (AvgIpc) is 2.77. The number of alkyl halides is 1. The van der Waals surface area contributed by atoms with Gasteiger partial charge < -0.3 is 4.90 Å². The predicted octanol–water partition coefficient (Wildman–Crippen LogP) is 3.13. The molecule has 1 atom stereocenters. The Hall–Kier alpha value is -0.290. The van der Waals surface area contributed by atoms with Gasteiger partial charge >= 0.3 is 0 Å². The molecule has 16 heavy (non-hydrogen) atoms. The molecule has 1 saturated heterocycles. The van der Waals surface area contributed by atoms with Crippen molar-refractivity contribution in [2.24, 2.45) is 0 Å². The minimum absolute atomic E-state index is 0.111. The van der Waals surface area contributed by atoms with Gasteiger partial charge in [-0.3, -0.25) is 4.79 Å². The standard InChI is InChI=1S/C12H13ClINO/c13-8-11-2-1-7-15(11)12(16)9-3-5-10(14)6-4-9/h3-6,11H,1-2,7-8H2. The molecule has 86 valence electrons. The molecule has 0 spiro atoms. The van der Waals surface area contributed by atoms with Gasteiger partial charge in [0.1, 0.15) is 0 Å². The van der Waals surface area contributed by atoms with Gasteiger partial charge in [-0.05, 0) is 59.7 Å². The summed E-state index contributed by atoms with van der Waals surface area (Å²) in [5, 5.41) is 0. The first-order chi connectivity index (χ1) is 7.72. The Balaban J connectivity index is 2.15. The number of rotatable bonds is 2. The molecule has 1 aromatic carbocycles. The molecule has 0 bridgehead atoms. The Morgan fingerprint density at radius 3 is 2.75 bits per heavy atom. The molecule has 1 heterocycles. The predicted molar refractivity (Wildman–Crippen MR) is 73.9 cm³/mol. The van der Waals surface area contributed by atoms with Crippen molar-refractivity contribution in [3.8, 4) is 0 Å². The number of hydrogen-bond acceptors (Lipinski definition) is 1. The van der Waals surface area contributed by atoms with E-state index in [1.54, 1.807) is 0 Å². The van der Waals surface area contributed by atoms with Crippen molar-refractivity contribution in [1.29, 1.82) is 0 Å². The summed E-state index contributed by atoms with van der Waals surface area (Å²) in [5.74, 6) is 0.649. The van der Waals surface area contributed by atoms with Gasteiger partial charge in [0.25, 0.3) is 5.91 Å². The van der Waals surface area contributed by atoms with Gasteiger partial charge in [-0.25, -0.2) is 0 Å². The summed E-state index contributed by atoms with van der Waals surface area (Å²) in [6, 6.07) is 7.90. The van der Waals surface area contributed by atoms with Crippen LogP contribution in [0.5, 0.6) is 0 Å². The van der Waals surface area contributed by atoms with Crippen molar-refractivity contribution in [3.05, 3.63) is 33.4 Å². The fourth-order valence-electron chi connectivity index (χ4n) is 2.02. The average molecular weight is 350 g/mol. The monoisotopic (exact) mass is 349 g/mol. The van der Waals surface area contributed by atoms with Crippen molar-refractivity contribution in [1.82, 2.24) is 4.90 Å². The van der Waals surface area contributed by atoms with Crippen LogP contribution < -0.4 is 0 Å². The van der Waals surface area contributed by atoms with E-state index in [0.717, 1.165) is 28.5 Å². The summed E-state index contributed by atoms with van der Waals surface area (Å²) in [6.07, 6.45) is 2.09. The summed E-state index contributed by atoms with van der Waals surface area (Å²) in [4.78, 5) is 14.1. The van der Waals surface area contributed by atoms with Crippen LogP contribution in [0.4, 0.5) is 0 Å². The zero-order chi connectivity index (χ0) is 11.5. The second kappa shape index (κ2) is 5.36. The largest absolute Gasteiger partial charge is 0.334 e. The second-order valence-corrected chi connectivity index (χ2v) is 5.51. The van der Waals surface area contributed by atoms with Crippen molar-refractivity contribution in [2.75, 3.05) is 12.4 Å². The summed E-state index contributed by atoms with van der Waals surface area (Å²) < 4.78 is 1.14. The van der Waals surface area contributed by atoms with E-state index >= 15 is 0 Å². The van der Waals surface area contributed by atoms with E-state index in [-0.39, 0.29) is 11.9 Å². The minimum atomic E-state index is 0.111. The first kappa shape index (κ1) is 12.2. The molecule has 2 nitrogen and oxygen atoms in total. The van der Waals surface area contributed by atoms with Crippen LogP contribution in [0.15, 0.2) is 24.3 Å². The molecule has 0 N–H and O–H groups in total. The quantitative estimate of drug-likeness (QED) is 0.593. The van der Waals surface area contributed by atoms with E-state index in [4.69, 9.17) is 11.6 Å². The maximum absolute atomic E-state index is 12.2. The number of amides is 1. The zero-order valence-electron chi connectivity index (χ0n) is 8.83. The third-order valence-electron chi connectivity index (χ3n) is 2.91. The van der Waals surface area contributed by atoms with E-state index in [9.17, 15) is 4.79 Å². The van der Waals surface area contributed by atoms with Crippen LogP contribution in [-0.2, 0) is 0 Å². The Morgan fingerprint density at radius 2 is 2.12 bits per heavy atom. The summed E-state index contributed by atoms with van der Waals surface area (Å²) >= 11 is 8.10. The minimum Gasteiger partial charge on any atom is -0.334 e. The van der Waals surface area contributed by atoms with Gasteiger partial charge in [0.15, 0.2) is 0 Å². The number of benzene rings is 1. The topological polar surface area (TPSA) is 20.3 Å². The van der Waals surface area contributed by atoms with Crippen LogP contribution >= 0.6 is 34.2 Å². The number of halogens is 2. The Kier molecular flexibility index (Phi) is 4.08. The molecule has 1 aliphatic rings. The highest BCUT2D eigenvalue weighted by atomic mass is 127. The van der Waals surface area contributed by atoms with Gasteiger partial charge in [0, 0.05) is 27.6 Å². The molecule has 1 aliphatic heterocycles. The number of carbonyl (C=O) groups excluding carboxylic acids is 1. The van der Waals surface area contributed by atoms with Gasteiger partial charge in [-0.15, -0.1) is 11.6 Å². The Labute approximate surface area is 114 Å². The summed E-state index contributed by atoms with van der Waals surface area (Å²) in [6.45, 7) is 0.836. The molecular formula is C12H13ClINO. The maximum atomic E-state index is 12.2. The van der Waals surface area contributed by atoms with Crippen LogP contribution in [0, 0.1) is 3.57 Å². The fraction of sp³-hybridized carbons (Fsp3) is 0.417. The fourth-order valence-corrected chi connectivity index (χ4v) is 2.70. The van der Waals surface area contributed by atoms with E-state index in [1.807, 2.05) is 29.2 Å². The first-order valence-electron chi connectivity index (χ1n) is 5.35. The molecule has 0 aromatic heterocycles. The lowest BCUT2D eigenvalue weighted by Gasteiger charge is -2.22. The Morgan fingerprint density at radius 1 is 1.44 bits per heavy atom. The van der Waals surface area contributed by atoms with Crippen molar-refractivity contribution < 1.29 is 4.79 Å². The molecule has 1 amide bonds. The molecule has 4 heteroatoms. The molecular weight excluding hydrogens is 336 g/mol. The molecule has 1 unspecified atom stereocenters. The van der Waals surface area contributed by atoms with Crippen molar-refractivity contribution >= 4 is 40.1 Å². The van der Waals surface area contributed by atoms with Gasteiger partial charge in [0.2, 0.25) is 0 Å². The van der Waals surface area contributed by atoms with Crippen LogP contribution in [0.1, 0.15) is 23.2 Å². The lowest BCUT2D eigenvalue weighted by molar-refractivity contribution is 0.0749. The second-order valence-electron chi connectivity index (χ2n) is 3.96. The molecule has 0 aliphatic carbocycles. The highest BCUT2D eigenvalue weighted by Gasteiger charge is 2.28. The van der Waals surface area contributed by atoms with Crippen molar-refractivity contribution in [3.63, 3.8) is 0 Å². The Bertz CT molecular complexity index is 379. The molecule has 0 saturated carbocycles. The third-order valence-corrected chi connectivity index (χ3v) is 3.98. The third kappa shape index (κ3) is 2.51. The summed E-state index contributed by atoms with van der Waals surface area (Å²) in [7, 11) is 0. The lowest BCUT2D eigenvalue weighted by atomic mass is 10.2. The van der Waals surface area contributed by atoms with E-state index < -0.39 is 0 Å². The van der Waals surface area contributed by atoms with E-state index in [2.05, 4.69) is 22.6 Å². The van der Waals surface area contributed by atoms with Crippen LogP contribution in [-0.4, -0.2) is 29.3 Å². The van der Waals surface area contributed by atoms with E-state index in [1.165, 1.54) is 0 Å². The van der Waals surface area contributed by atoms with Gasteiger partial charge in [-0.1, -0.05) is 0 Å². The highest BCUT2D eigenvalue weighted by molar-refractivity contribution is 14.1. The first-order valence-corrected chi connectivity index (χ1v) is 6.96. The molecule has 1 fully saturated rings. The SMILES string of the molecule is O=C(c1ccc(I)cc1)N1CCCC1CCl. The van der Waals surface area contributed by atoms with Crippen molar-refractivity contribution in [2.45, 2.75) is 18.9 Å². The number of nitrogens with zero attached hydrogens (tertiary/aromatic N) is 1. The zero-order valence-corrected chi connectivity index (χ0v) is 11.7. The lowest BCUT2D eigenvalue weighted by Crippen LogP contribution is -2.36. The molecule has 0 radical (unpaired) electrons. The number of hydrogen-bond donors (Lipinski definition) is 0. The van der Waals surface area contributed by atoms with E-state index in [0.29, 0.717) is 5.88 Å². The molecule has 1 aromatic rings. The smallest absolute Gasteiger partial charge is 0.254 e. The van der Waals surface area contributed by atoms with Crippen LogP contribution in [0.25, 0.3) is 0 Å². The number of likely N-dealkylation sites (tertiary alicyclic amines) is 1. The van der Waals surface area contributed by atoms with Gasteiger partial charge in [-0.2, -0.15) is 0 Å². The maximum Gasteiger partial charge on any atom is 0.254 e. The van der Waals surface area contributed by atoms with Crippen LogP contribution in [0.3, 0.4) is 0 Å². The number of carbonyl (C=O) groups is 1. The normalized spacial score (nSPS) is 20.1. The highest BCUT2D eigenvalue weighted by Crippen LogP contribution is 2.21. The summed E-state index contributed by atoms with van der Waals surface area (Å²) in [5.41, 5.74) is 0.762. The van der Waals surface area contributed by atoms with Crippen LogP contribution in [0.2, 0.25) is 0 Å².